The van der Waals surface area contributed by atoms with Crippen molar-refractivity contribution in [3.8, 4) is 0 Å². The Morgan fingerprint density at radius 3 is 2.91 bits per heavy atom. The molecule has 0 spiro atoms. The molecule has 1 N–H and O–H groups in total. The second-order valence-electron chi connectivity index (χ2n) is 6.30. The molecule has 1 saturated heterocycles. The van der Waals surface area contributed by atoms with Crippen molar-refractivity contribution in [1.29, 1.82) is 0 Å². The molecule has 1 fully saturated rings. The number of likely N-dealkylation sites (tertiary alicyclic amines) is 1. The average molecular weight is 355 g/mol. The molecule has 1 atom stereocenters. The highest BCUT2D eigenvalue weighted by molar-refractivity contribution is 7.99. The van der Waals surface area contributed by atoms with Crippen molar-refractivity contribution in [2.24, 2.45) is 5.92 Å². The van der Waals surface area contributed by atoms with E-state index >= 15 is 0 Å². The molecule has 1 unspecified atom stereocenters. The van der Waals surface area contributed by atoms with Gasteiger partial charge in [-0.3, -0.25) is 4.79 Å². The van der Waals surface area contributed by atoms with E-state index in [4.69, 9.17) is 11.6 Å². The fraction of sp³-hybridized carbons (Fsp3) is 0.611. The van der Waals surface area contributed by atoms with Crippen molar-refractivity contribution in [2.45, 2.75) is 37.5 Å². The molecule has 128 valence electrons. The third-order valence-electron chi connectivity index (χ3n) is 4.13. The minimum Gasteiger partial charge on any atom is -0.356 e. The minimum absolute atomic E-state index is 0.151. The van der Waals surface area contributed by atoms with Crippen LogP contribution in [0.1, 0.15) is 32.6 Å². The number of benzene rings is 1. The molecule has 1 aliphatic heterocycles. The predicted octanol–water partition coefficient (Wildman–Crippen LogP) is 4.06. The van der Waals surface area contributed by atoms with Gasteiger partial charge in [0.25, 0.3) is 0 Å². The van der Waals surface area contributed by atoms with Crippen molar-refractivity contribution in [1.82, 2.24) is 10.2 Å². The lowest BCUT2D eigenvalue weighted by atomic mass is 10.0. The van der Waals surface area contributed by atoms with E-state index in [1.807, 2.05) is 24.3 Å². The zero-order valence-electron chi connectivity index (χ0n) is 13.9. The van der Waals surface area contributed by atoms with Crippen LogP contribution in [-0.2, 0) is 4.79 Å². The standard InChI is InChI=1S/C18H27ClN2OS/c1-15-4-2-11-21(14-15)12-3-10-20-18(22)9-13-23-17-7-5-16(19)6-8-17/h5-8,15H,2-4,9-14H2,1H3,(H,20,22). The molecular weight excluding hydrogens is 328 g/mol. The van der Waals surface area contributed by atoms with Gasteiger partial charge in [-0.2, -0.15) is 0 Å². The quantitative estimate of drug-likeness (QED) is 0.564. The lowest BCUT2D eigenvalue weighted by molar-refractivity contribution is -0.120. The molecule has 0 aromatic heterocycles. The number of nitrogens with zero attached hydrogens (tertiary/aromatic N) is 1. The summed E-state index contributed by atoms with van der Waals surface area (Å²) in [7, 11) is 0. The van der Waals surface area contributed by atoms with Gasteiger partial charge in [-0.05, 0) is 62.5 Å². The van der Waals surface area contributed by atoms with Crippen LogP contribution in [-0.4, -0.2) is 42.7 Å². The molecule has 3 nitrogen and oxygen atoms in total. The summed E-state index contributed by atoms with van der Waals surface area (Å²) in [4.78, 5) is 15.5. The van der Waals surface area contributed by atoms with Crippen molar-refractivity contribution >= 4 is 29.3 Å². The molecular formula is C18H27ClN2OS. The Morgan fingerprint density at radius 1 is 1.39 bits per heavy atom. The molecule has 5 heteroatoms. The molecule has 1 aromatic rings. The number of rotatable bonds is 8. The van der Waals surface area contributed by atoms with Gasteiger partial charge >= 0.3 is 0 Å². The topological polar surface area (TPSA) is 32.3 Å². The summed E-state index contributed by atoms with van der Waals surface area (Å²) in [5.41, 5.74) is 0. The monoisotopic (exact) mass is 354 g/mol. The number of piperidine rings is 1. The molecule has 23 heavy (non-hydrogen) atoms. The Hall–Kier alpha value is -0.710. The molecule has 1 aliphatic rings. The summed E-state index contributed by atoms with van der Waals surface area (Å²) < 4.78 is 0. The van der Waals surface area contributed by atoms with Crippen molar-refractivity contribution in [3.63, 3.8) is 0 Å². The Labute approximate surface area is 149 Å². The van der Waals surface area contributed by atoms with Gasteiger partial charge in [0.15, 0.2) is 0 Å². The number of amides is 1. The molecule has 0 aliphatic carbocycles. The Balaban J connectivity index is 1.50. The summed E-state index contributed by atoms with van der Waals surface area (Å²) in [5.74, 6) is 1.78. The van der Waals surface area contributed by atoms with E-state index in [1.54, 1.807) is 11.8 Å². The normalized spacial score (nSPS) is 18.8. The second kappa shape index (κ2) is 10.2. The number of hydrogen-bond acceptors (Lipinski definition) is 3. The van der Waals surface area contributed by atoms with Crippen LogP contribution in [0.2, 0.25) is 5.02 Å². The van der Waals surface area contributed by atoms with Crippen LogP contribution in [0.25, 0.3) is 0 Å². The molecule has 1 amide bonds. The first kappa shape index (κ1) is 18.6. The van der Waals surface area contributed by atoms with Crippen molar-refractivity contribution in [2.75, 3.05) is 31.9 Å². The first-order valence-electron chi connectivity index (χ1n) is 8.51. The third-order valence-corrected chi connectivity index (χ3v) is 5.39. The SMILES string of the molecule is CC1CCCN(CCCNC(=O)CCSc2ccc(Cl)cc2)C1. The zero-order chi connectivity index (χ0) is 16.5. The van der Waals surface area contributed by atoms with Crippen molar-refractivity contribution in [3.05, 3.63) is 29.3 Å². The Bertz CT molecular complexity index is 480. The van der Waals surface area contributed by atoms with Crippen LogP contribution >= 0.6 is 23.4 Å². The molecule has 2 rings (SSSR count). The number of hydrogen-bond donors (Lipinski definition) is 1. The highest BCUT2D eigenvalue weighted by Gasteiger charge is 2.15. The molecule has 1 heterocycles. The van der Waals surface area contributed by atoms with E-state index in [0.29, 0.717) is 6.42 Å². The van der Waals surface area contributed by atoms with E-state index in [-0.39, 0.29) is 5.91 Å². The van der Waals surface area contributed by atoms with E-state index in [9.17, 15) is 4.79 Å². The van der Waals surface area contributed by atoms with Gasteiger partial charge in [0, 0.05) is 35.2 Å². The zero-order valence-corrected chi connectivity index (χ0v) is 15.5. The molecule has 1 aromatic carbocycles. The fourth-order valence-corrected chi connectivity index (χ4v) is 3.88. The molecule has 0 saturated carbocycles. The van der Waals surface area contributed by atoms with Gasteiger partial charge in [0.2, 0.25) is 5.91 Å². The summed E-state index contributed by atoms with van der Waals surface area (Å²) in [6, 6.07) is 7.74. The van der Waals surface area contributed by atoms with Gasteiger partial charge in [-0.25, -0.2) is 0 Å². The maximum Gasteiger partial charge on any atom is 0.220 e. The Morgan fingerprint density at radius 2 is 2.17 bits per heavy atom. The average Bonchev–Trinajstić information content (AvgIpc) is 2.54. The summed E-state index contributed by atoms with van der Waals surface area (Å²) in [6.07, 6.45) is 4.28. The molecule has 0 radical (unpaired) electrons. The first-order chi connectivity index (χ1) is 11.1. The van der Waals surface area contributed by atoms with Gasteiger partial charge in [0.1, 0.15) is 0 Å². The van der Waals surface area contributed by atoms with Crippen LogP contribution < -0.4 is 5.32 Å². The van der Waals surface area contributed by atoms with E-state index in [1.165, 1.54) is 25.9 Å². The number of carbonyl (C=O) groups is 1. The van der Waals surface area contributed by atoms with Crippen molar-refractivity contribution < 1.29 is 4.79 Å². The van der Waals surface area contributed by atoms with E-state index in [0.717, 1.165) is 41.1 Å². The molecule has 0 bridgehead atoms. The van der Waals surface area contributed by atoms with Gasteiger partial charge in [0.05, 0.1) is 0 Å². The van der Waals surface area contributed by atoms with Crippen LogP contribution in [0.5, 0.6) is 0 Å². The number of thioether (sulfide) groups is 1. The van der Waals surface area contributed by atoms with Crippen LogP contribution in [0.4, 0.5) is 0 Å². The first-order valence-corrected chi connectivity index (χ1v) is 9.87. The van der Waals surface area contributed by atoms with Gasteiger partial charge in [-0.15, -0.1) is 11.8 Å². The predicted molar refractivity (Wildman–Crippen MR) is 99.3 cm³/mol. The minimum atomic E-state index is 0.151. The van der Waals surface area contributed by atoms with Crippen LogP contribution in [0, 0.1) is 5.92 Å². The smallest absolute Gasteiger partial charge is 0.220 e. The van der Waals surface area contributed by atoms with Crippen LogP contribution in [0.15, 0.2) is 29.2 Å². The van der Waals surface area contributed by atoms with Crippen LogP contribution in [0.3, 0.4) is 0 Å². The highest BCUT2D eigenvalue weighted by Crippen LogP contribution is 2.20. The van der Waals surface area contributed by atoms with E-state index < -0.39 is 0 Å². The maximum absolute atomic E-state index is 11.8. The summed E-state index contributed by atoms with van der Waals surface area (Å²) in [5, 5.41) is 3.77. The maximum atomic E-state index is 11.8. The number of nitrogens with one attached hydrogen (secondary N) is 1. The fourth-order valence-electron chi connectivity index (χ4n) is 2.90. The van der Waals surface area contributed by atoms with Gasteiger partial charge < -0.3 is 10.2 Å². The third kappa shape index (κ3) is 7.60. The lowest BCUT2D eigenvalue weighted by Gasteiger charge is -2.30. The Kier molecular flexibility index (Phi) is 8.27. The summed E-state index contributed by atoms with van der Waals surface area (Å²) in [6.45, 7) is 6.65. The summed E-state index contributed by atoms with van der Waals surface area (Å²) >= 11 is 7.55. The number of carbonyl (C=O) groups excluding carboxylic acids is 1. The van der Waals surface area contributed by atoms with Gasteiger partial charge in [-0.1, -0.05) is 18.5 Å². The number of halogens is 1. The largest absolute Gasteiger partial charge is 0.356 e. The highest BCUT2D eigenvalue weighted by atomic mass is 35.5. The second-order valence-corrected chi connectivity index (χ2v) is 7.91. The lowest BCUT2D eigenvalue weighted by Crippen LogP contribution is -2.36. The van der Waals surface area contributed by atoms with E-state index in [2.05, 4.69) is 17.1 Å².